The Morgan fingerprint density at radius 1 is 0.882 bits per heavy atom. The molecular formula is C29H28ClNO3. The third kappa shape index (κ3) is 4.64. The van der Waals surface area contributed by atoms with Crippen LogP contribution in [0.5, 0.6) is 0 Å². The van der Waals surface area contributed by atoms with E-state index in [2.05, 4.69) is 13.8 Å². The summed E-state index contributed by atoms with van der Waals surface area (Å²) in [6.07, 6.45) is 4.04. The van der Waals surface area contributed by atoms with E-state index >= 15 is 0 Å². The molecule has 1 atom stereocenters. The molecule has 34 heavy (non-hydrogen) atoms. The third-order valence-electron chi connectivity index (χ3n) is 6.30. The van der Waals surface area contributed by atoms with E-state index in [0.717, 1.165) is 36.8 Å². The molecule has 1 heterocycles. The van der Waals surface area contributed by atoms with Crippen LogP contribution in [0, 0.1) is 0 Å². The summed E-state index contributed by atoms with van der Waals surface area (Å²) < 4.78 is 0. The Kier molecular flexibility index (Phi) is 7.18. The number of unbranched alkanes of at least 4 members (excludes halogenated alkanes) is 1. The predicted octanol–water partition coefficient (Wildman–Crippen LogP) is 6.87. The molecule has 1 aliphatic rings. The average molecular weight is 474 g/mol. The smallest absolute Gasteiger partial charge is 0.300 e. The number of carbonyl (C=O) groups is 2. The van der Waals surface area contributed by atoms with Crippen molar-refractivity contribution < 1.29 is 14.7 Å². The number of aliphatic hydroxyl groups is 1. The summed E-state index contributed by atoms with van der Waals surface area (Å²) in [5.41, 5.74) is 4.24. The number of Topliss-reactive ketones (excluding diaryl/α,β-unsaturated/α-hetero) is 1. The second-order valence-electron chi connectivity index (χ2n) is 8.54. The van der Waals surface area contributed by atoms with Crippen LogP contribution in [-0.4, -0.2) is 16.8 Å². The predicted molar refractivity (Wildman–Crippen MR) is 137 cm³/mol. The lowest BCUT2D eigenvalue weighted by atomic mass is 9.94. The molecule has 3 aromatic rings. The topological polar surface area (TPSA) is 57.6 Å². The molecule has 174 valence electrons. The molecule has 4 rings (SSSR count). The number of amides is 1. The Morgan fingerprint density at radius 3 is 2.09 bits per heavy atom. The standard InChI is InChI=1S/C29H28ClNO3/c1-3-5-6-20-9-17-24(18-10-20)31-26(21-11-7-19(4-2)8-12-21)25(28(33)29(31)34)27(32)22-13-15-23(30)16-14-22/h7-18,26,32H,3-6H2,1-2H3/b27-25+. The molecule has 0 bridgehead atoms. The van der Waals surface area contributed by atoms with Gasteiger partial charge in [-0.1, -0.05) is 68.3 Å². The quantitative estimate of drug-likeness (QED) is 0.231. The first kappa shape index (κ1) is 23.8. The second-order valence-corrected chi connectivity index (χ2v) is 8.98. The van der Waals surface area contributed by atoms with Gasteiger partial charge in [-0.2, -0.15) is 0 Å². The maximum absolute atomic E-state index is 13.3. The lowest BCUT2D eigenvalue weighted by molar-refractivity contribution is -0.132. The molecule has 1 aliphatic heterocycles. The fraction of sp³-hybridized carbons (Fsp3) is 0.241. The number of hydrogen-bond donors (Lipinski definition) is 1. The van der Waals surface area contributed by atoms with Crippen LogP contribution in [0.3, 0.4) is 0 Å². The summed E-state index contributed by atoms with van der Waals surface area (Å²) in [7, 11) is 0. The van der Waals surface area contributed by atoms with Gasteiger partial charge in [-0.25, -0.2) is 0 Å². The van der Waals surface area contributed by atoms with Gasteiger partial charge in [0.1, 0.15) is 5.76 Å². The molecule has 5 heteroatoms. The van der Waals surface area contributed by atoms with Gasteiger partial charge in [0.15, 0.2) is 0 Å². The zero-order valence-corrected chi connectivity index (χ0v) is 20.2. The van der Waals surface area contributed by atoms with Crippen molar-refractivity contribution in [1.82, 2.24) is 0 Å². The fourth-order valence-electron chi connectivity index (χ4n) is 4.32. The summed E-state index contributed by atoms with van der Waals surface area (Å²) in [4.78, 5) is 28.0. The highest BCUT2D eigenvalue weighted by Gasteiger charge is 2.46. The SMILES string of the molecule is CCCCc1ccc(N2C(=O)C(=O)/C(=C(/O)c3ccc(Cl)cc3)C2c2ccc(CC)cc2)cc1. The van der Waals surface area contributed by atoms with Crippen LogP contribution >= 0.6 is 11.6 Å². The molecule has 1 N–H and O–H groups in total. The van der Waals surface area contributed by atoms with Gasteiger partial charge in [0.05, 0.1) is 11.6 Å². The molecule has 4 nitrogen and oxygen atoms in total. The van der Waals surface area contributed by atoms with E-state index in [1.54, 1.807) is 24.3 Å². The van der Waals surface area contributed by atoms with Crippen molar-refractivity contribution in [3.05, 3.63) is 106 Å². The molecular weight excluding hydrogens is 446 g/mol. The normalized spacial score (nSPS) is 17.4. The zero-order valence-electron chi connectivity index (χ0n) is 19.4. The summed E-state index contributed by atoms with van der Waals surface area (Å²) in [6, 6.07) is 21.4. The molecule has 1 unspecified atom stereocenters. The largest absolute Gasteiger partial charge is 0.507 e. The summed E-state index contributed by atoms with van der Waals surface area (Å²) in [6.45, 7) is 4.22. The van der Waals surface area contributed by atoms with E-state index in [-0.39, 0.29) is 11.3 Å². The van der Waals surface area contributed by atoms with E-state index in [1.165, 1.54) is 10.5 Å². The molecule has 3 aromatic carbocycles. The minimum Gasteiger partial charge on any atom is -0.507 e. The van der Waals surface area contributed by atoms with E-state index in [4.69, 9.17) is 11.6 Å². The first-order chi connectivity index (χ1) is 16.4. The van der Waals surface area contributed by atoms with Gasteiger partial charge in [0, 0.05) is 16.3 Å². The number of hydrogen-bond acceptors (Lipinski definition) is 3. The van der Waals surface area contributed by atoms with Crippen LogP contribution in [0.15, 0.2) is 78.4 Å². The number of anilines is 1. The number of aryl methyl sites for hydroxylation is 2. The molecule has 1 fully saturated rings. The summed E-state index contributed by atoms with van der Waals surface area (Å²) in [5.74, 6) is -1.56. The van der Waals surface area contributed by atoms with Crippen LogP contribution in [-0.2, 0) is 22.4 Å². The van der Waals surface area contributed by atoms with Crippen LogP contribution in [0.2, 0.25) is 5.02 Å². The van der Waals surface area contributed by atoms with Crippen molar-refractivity contribution in [3.8, 4) is 0 Å². The number of halogens is 1. The first-order valence-corrected chi connectivity index (χ1v) is 12.1. The Labute approximate surface area is 205 Å². The van der Waals surface area contributed by atoms with Gasteiger partial charge in [0.25, 0.3) is 11.7 Å². The Morgan fingerprint density at radius 2 is 1.50 bits per heavy atom. The van der Waals surface area contributed by atoms with E-state index in [1.807, 2.05) is 48.5 Å². The van der Waals surface area contributed by atoms with E-state index in [9.17, 15) is 14.7 Å². The van der Waals surface area contributed by atoms with Crippen LogP contribution in [0.25, 0.3) is 5.76 Å². The first-order valence-electron chi connectivity index (χ1n) is 11.7. The second kappa shape index (κ2) is 10.3. The molecule has 0 aliphatic carbocycles. The number of rotatable bonds is 7. The highest BCUT2D eigenvalue weighted by molar-refractivity contribution is 6.51. The molecule has 0 aromatic heterocycles. The lowest BCUT2D eigenvalue weighted by Crippen LogP contribution is -2.29. The van der Waals surface area contributed by atoms with Crippen LogP contribution in [0.4, 0.5) is 5.69 Å². The van der Waals surface area contributed by atoms with Gasteiger partial charge >= 0.3 is 0 Å². The molecule has 1 saturated heterocycles. The highest BCUT2D eigenvalue weighted by atomic mass is 35.5. The minimum absolute atomic E-state index is 0.0756. The van der Waals surface area contributed by atoms with Crippen LogP contribution in [0.1, 0.15) is 55.0 Å². The van der Waals surface area contributed by atoms with Gasteiger partial charge in [-0.3, -0.25) is 14.5 Å². The Hall–Kier alpha value is -3.37. The number of aliphatic hydroxyl groups excluding tert-OH is 1. The lowest BCUT2D eigenvalue weighted by Gasteiger charge is -2.26. The number of benzene rings is 3. The van der Waals surface area contributed by atoms with Gasteiger partial charge < -0.3 is 5.11 Å². The van der Waals surface area contributed by atoms with Crippen LogP contribution < -0.4 is 4.90 Å². The number of nitrogens with zero attached hydrogens (tertiary/aromatic N) is 1. The van der Waals surface area contributed by atoms with Crippen molar-refractivity contribution in [1.29, 1.82) is 0 Å². The Balaban J connectivity index is 1.84. The maximum Gasteiger partial charge on any atom is 0.300 e. The molecule has 0 saturated carbocycles. The van der Waals surface area contributed by atoms with Gasteiger partial charge in [0.2, 0.25) is 0 Å². The van der Waals surface area contributed by atoms with E-state index in [0.29, 0.717) is 16.3 Å². The summed E-state index contributed by atoms with van der Waals surface area (Å²) in [5, 5.41) is 11.7. The molecule has 0 spiro atoms. The van der Waals surface area contributed by atoms with Crippen molar-refractivity contribution in [3.63, 3.8) is 0 Å². The number of carbonyl (C=O) groups excluding carboxylic acids is 2. The van der Waals surface area contributed by atoms with Crippen molar-refractivity contribution in [2.45, 2.75) is 45.6 Å². The fourth-order valence-corrected chi connectivity index (χ4v) is 4.44. The van der Waals surface area contributed by atoms with Crippen molar-refractivity contribution in [2.24, 2.45) is 0 Å². The number of ketones is 1. The van der Waals surface area contributed by atoms with Gasteiger partial charge in [-0.05, 0) is 72.4 Å². The monoisotopic (exact) mass is 473 g/mol. The minimum atomic E-state index is -0.733. The molecule has 0 radical (unpaired) electrons. The summed E-state index contributed by atoms with van der Waals surface area (Å²) >= 11 is 6.00. The Bertz CT molecular complexity index is 1210. The zero-order chi connectivity index (χ0) is 24.2. The van der Waals surface area contributed by atoms with Gasteiger partial charge in [-0.15, -0.1) is 0 Å². The highest BCUT2D eigenvalue weighted by Crippen LogP contribution is 2.42. The van der Waals surface area contributed by atoms with E-state index < -0.39 is 17.7 Å². The molecule has 1 amide bonds. The third-order valence-corrected chi connectivity index (χ3v) is 6.55. The average Bonchev–Trinajstić information content (AvgIpc) is 3.13. The van der Waals surface area contributed by atoms with Crippen molar-refractivity contribution in [2.75, 3.05) is 4.90 Å². The maximum atomic E-state index is 13.3. The van der Waals surface area contributed by atoms with Crippen molar-refractivity contribution >= 4 is 34.7 Å².